The van der Waals surface area contributed by atoms with Crippen LogP contribution in [0.4, 0.5) is 11.4 Å². The maximum Gasteiger partial charge on any atom is 0.243 e. The van der Waals surface area contributed by atoms with Crippen molar-refractivity contribution in [2.45, 2.75) is 6.54 Å². The summed E-state index contributed by atoms with van der Waals surface area (Å²) < 4.78 is 9.42. The minimum atomic E-state index is 0. The summed E-state index contributed by atoms with van der Waals surface area (Å²) in [5, 5.41) is 3.34. The molecular formula is C13H21Cl3N4O. The van der Waals surface area contributed by atoms with Crippen molar-refractivity contribution in [3.63, 3.8) is 0 Å². The van der Waals surface area contributed by atoms with E-state index in [0.29, 0.717) is 5.69 Å². The minimum absolute atomic E-state index is 0. The monoisotopic (exact) mass is 354 g/mol. The predicted octanol–water partition coefficient (Wildman–Crippen LogP) is -1.14. The lowest BCUT2D eigenvalue weighted by Gasteiger charge is -2.10. The molecule has 0 bridgehead atoms. The van der Waals surface area contributed by atoms with Crippen molar-refractivity contribution in [2.75, 3.05) is 24.7 Å². The lowest BCUT2D eigenvalue weighted by Crippen LogP contribution is -3.00. The van der Waals surface area contributed by atoms with Gasteiger partial charge in [0.2, 0.25) is 6.33 Å². The van der Waals surface area contributed by atoms with Crippen molar-refractivity contribution >= 4 is 36.2 Å². The molecule has 0 aliphatic rings. The first kappa shape index (κ1) is 22.0. The summed E-state index contributed by atoms with van der Waals surface area (Å²) in [6, 6.07) is 5.61. The van der Waals surface area contributed by atoms with Crippen LogP contribution in [0.1, 0.15) is 0 Å². The first-order chi connectivity index (χ1) is 8.69. The first-order valence-corrected chi connectivity index (χ1v) is 5.87. The fourth-order valence-electron chi connectivity index (χ4n) is 1.81. The molecule has 120 valence electrons. The molecular weight excluding hydrogens is 335 g/mol. The number of methoxy groups -OCH3 is 1. The topological polar surface area (TPSA) is 56.1 Å². The molecule has 1 heterocycles. The van der Waals surface area contributed by atoms with E-state index in [1.165, 1.54) is 0 Å². The third kappa shape index (κ3) is 6.33. The second kappa shape index (κ2) is 10.4. The van der Waals surface area contributed by atoms with Crippen LogP contribution >= 0.6 is 24.8 Å². The van der Waals surface area contributed by atoms with E-state index in [1.54, 1.807) is 7.11 Å². The highest BCUT2D eigenvalue weighted by atomic mass is 35.5. The van der Waals surface area contributed by atoms with Crippen molar-refractivity contribution < 1.29 is 21.7 Å². The van der Waals surface area contributed by atoms with Crippen LogP contribution in [0.5, 0.6) is 5.75 Å². The molecule has 0 fully saturated rings. The molecule has 1 aromatic carbocycles. The standard InChI is InChI=1S/C13H19N4O.3ClH/c1-16-7-8-17(10-16)6-5-15-12-4-3-11(14)9-13(12)18-2;;;/h3-4,7-10,15H,5-6,14H2,1-2H3;3*1H/q+1;;;/p-1. The third-order valence-electron chi connectivity index (χ3n) is 2.73. The molecule has 0 saturated heterocycles. The van der Waals surface area contributed by atoms with Gasteiger partial charge in [-0.05, 0) is 12.1 Å². The summed E-state index contributed by atoms with van der Waals surface area (Å²) in [5.74, 6) is 0.771. The van der Waals surface area contributed by atoms with Crippen LogP contribution in [0, 0.1) is 0 Å². The highest BCUT2D eigenvalue weighted by Gasteiger charge is 2.04. The molecule has 5 nitrogen and oxygen atoms in total. The Morgan fingerprint density at radius 2 is 2.05 bits per heavy atom. The van der Waals surface area contributed by atoms with E-state index >= 15 is 0 Å². The summed E-state index contributed by atoms with van der Waals surface area (Å²) in [4.78, 5) is 0. The summed E-state index contributed by atoms with van der Waals surface area (Å²) >= 11 is 0. The molecule has 8 heteroatoms. The number of rotatable bonds is 5. The van der Waals surface area contributed by atoms with E-state index in [2.05, 4.69) is 9.88 Å². The summed E-state index contributed by atoms with van der Waals surface area (Å²) in [5.41, 5.74) is 7.38. The lowest BCUT2D eigenvalue weighted by atomic mass is 10.2. The van der Waals surface area contributed by atoms with Crippen molar-refractivity contribution in [3.8, 4) is 5.75 Å². The molecule has 0 amide bonds. The zero-order chi connectivity index (χ0) is 13.0. The number of anilines is 2. The fraction of sp³-hybridized carbons (Fsp3) is 0.308. The van der Waals surface area contributed by atoms with Crippen LogP contribution in [0.15, 0.2) is 36.9 Å². The maximum atomic E-state index is 5.71. The van der Waals surface area contributed by atoms with Crippen molar-refractivity contribution in [3.05, 3.63) is 36.9 Å². The number of imidazole rings is 1. The van der Waals surface area contributed by atoms with Gasteiger partial charge in [0.1, 0.15) is 24.7 Å². The molecule has 0 unspecified atom stereocenters. The van der Waals surface area contributed by atoms with E-state index in [0.717, 1.165) is 24.5 Å². The maximum absolute atomic E-state index is 5.71. The molecule has 0 saturated carbocycles. The molecule has 3 N–H and O–H groups in total. The number of halogens is 3. The second-order valence-electron chi connectivity index (χ2n) is 4.20. The number of nitrogens with zero attached hydrogens (tertiary/aromatic N) is 2. The van der Waals surface area contributed by atoms with Gasteiger partial charge in [0.25, 0.3) is 0 Å². The Morgan fingerprint density at radius 1 is 1.33 bits per heavy atom. The molecule has 0 radical (unpaired) electrons. The van der Waals surface area contributed by atoms with Crippen LogP contribution in [0.2, 0.25) is 0 Å². The van der Waals surface area contributed by atoms with Crippen molar-refractivity contribution in [2.24, 2.45) is 7.05 Å². The van der Waals surface area contributed by atoms with Gasteiger partial charge in [0, 0.05) is 11.8 Å². The Balaban J connectivity index is 0. The van der Waals surface area contributed by atoms with E-state index in [-0.39, 0.29) is 37.2 Å². The van der Waals surface area contributed by atoms with E-state index in [4.69, 9.17) is 10.5 Å². The Kier molecular flexibility index (Phi) is 10.9. The highest BCUT2D eigenvalue weighted by molar-refractivity contribution is 5.85. The van der Waals surface area contributed by atoms with Crippen LogP contribution in [0.25, 0.3) is 0 Å². The second-order valence-corrected chi connectivity index (χ2v) is 4.20. The quantitative estimate of drug-likeness (QED) is 0.527. The number of nitrogen functional groups attached to an aromatic ring is 1. The third-order valence-corrected chi connectivity index (χ3v) is 2.73. The minimum Gasteiger partial charge on any atom is -1.00 e. The van der Waals surface area contributed by atoms with Gasteiger partial charge in [-0.2, -0.15) is 0 Å². The summed E-state index contributed by atoms with van der Waals surface area (Å²) in [6.45, 7) is 1.73. The van der Waals surface area contributed by atoms with Crippen LogP contribution in [-0.2, 0) is 13.6 Å². The van der Waals surface area contributed by atoms with Gasteiger partial charge in [0.05, 0.1) is 26.4 Å². The van der Waals surface area contributed by atoms with Crippen LogP contribution in [0.3, 0.4) is 0 Å². The van der Waals surface area contributed by atoms with Gasteiger partial charge in [-0.15, -0.1) is 24.8 Å². The van der Waals surface area contributed by atoms with Gasteiger partial charge in [0.15, 0.2) is 0 Å². The number of nitrogens with two attached hydrogens (primary N) is 1. The van der Waals surface area contributed by atoms with Gasteiger partial charge in [-0.25, -0.2) is 9.13 Å². The number of hydrogen-bond donors (Lipinski definition) is 2. The molecule has 2 rings (SSSR count). The molecule has 0 spiro atoms. The smallest absolute Gasteiger partial charge is 0.243 e. The fourth-order valence-corrected chi connectivity index (χ4v) is 1.81. The Hall–Kier alpha value is -1.30. The zero-order valence-corrected chi connectivity index (χ0v) is 14.3. The molecule has 1 aromatic heterocycles. The molecule has 21 heavy (non-hydrogen) atoms. The normalized spacial score (nSPS) is 8.86. The van der Waals surface area contributed by atoms with Crippen molar-refractivity contribution in [1.82, 2.24) is 4.57 Å². The van der Waals surface area contributed by atoms with Crippen molar-refractivity contribution in [1.29, 1.82) is 0 Å². The average Bonchev–Trinajstić information content (AvgIpc) is 2.77. The van der Waals surface area contributed by atoms with Crippen LogP contribution < -0.4 is 32.8 Å². The number of aryl methyl sites for hydroxylation is 1. The predicted molar refractivity (Wildman–Crippen MR) is 86.0 cm³/mol. The van der Waals surface area contributed by atoms with E-state index in [1.807, 2.05) is 48.5 Å². The number of ether oxygens (including phenoxy) is 1. The molecule has 0 atom stereocenters. The summed E-state index contributed by atoms with van der Waals surface area (Å²) in [7, 11) is 3.65. The molecule has 0 aliphatic carbocycles. The van der Waals surface area contributed by atoms with Gasteiger partial charge >= 0.3 is 0 Å². The average molecular weight is 356 g/mol. The number of benzene rings is 1. The van der Waals surface area contributed by atoms with E-state index in [9.17, 15) is 0 Å². The highest BCUT2D eigenvalue weighted by Crippen LogP contribution is 2.26. The van der Waals surface area contributed by atoms with Crippen LogP contribution in [-0.4, -0.2) is 18.2 Å². The number of hydrogen-bond acceptors (Lipinski definition) is 3. The molecule has 0 aliphatic heterocycles. The number of nitrogens with one attached hydrogen (secondary N) is 1. The zero-order valence-electron chi connectivity index (χ0n) is 12.0. The Labute approximate surface area is 143 Å². The van der Waals surface area contributed by atoms with Gasteiger partial charge in [-0.1, -0.05) is 0 Å². The number of aromatic nitrogens is 2. The summed E-state index contributed by atoms with van der Waals surface area (Å²) in [6.07, 6.45) is 6.10. The molecule has 2 aromatic rings. The van der Waals surface area contributed by atoms with E-state index < -0.39 is 0 Å². The largest absolute Gasteiger partial charge is 1.00 e. The van der Waals surface area contributed by atoms with Gasteiger partial charge < -0.3 is 28.2 Å². The Morgan fingerprint density at radius 3 is 2.62 bits per heavy atom. The first-order valence-electron chi connectivity index (χ1n) is 5.87. The lowest BCUT2D eigenvalue weighted by molar-refractivity contribution is -0.671. The van der Waals surface area contributed by atoms with Gasteiger partial charge in [-0.3, -0.25) is 0 Å². The SMILES string of the molecule is COc1cc(N)ccc1NCCn1cc[n+](C)c1.Cl.Cl.[Cl-]. The Bertz CT molecular complexity index is 534.